The Bertz CT molecular complexity index is 717. The molecule has 2 aliphatic carbocycles. The fraction of sp³-hybridized carbons (Fsp3) is 0.762. The van der Waals surface area contributed by atoms with Gasteiger partial charge in [0.05, 0.1) is 12.2 Å². The molecule has 10 atom stereocenters. The molecule has 8 heteroatoms. The molecule has 29 heavy (non-hydrogen) atoms. The van der Waals surface area contributed by atoms with Crippen LogP contribution in [0.5, 0.6) is 0 Å². The average Bonchev–Trinajstić information content (AvgIpc) is 3.17. The van der Waals surface area contributed by atoms with E-state index in [1.165, 1.54) is 0 Å². The van der Waals surface area contributed by atoms with Crippen molar-refractivity contribution in [2.75, 3.05) is 6.61 Å². The van der Waals surface area contributed by atoms with Crippen molar-refractivity contribution in [3.63, 3.8) is 0 Å². The molecule has 0 amide bonds. The number of ether oxygens (including phenoxy) is 3. The number of rotatable bonds is 3. The molecule has 2 aliphatic heterocycles. The van der Waals surface area contributed by atoms with Crippen LogP contribution in [0, 0.1) is 17.8 Å². The van der Waals surface area contributed by atoms with E-state index in [0.717, 1.165) is 12.0 Å². The summed E-state index contributed by atoms with van der Waals surface area (Å²) in [5, 5.41) is 40.0. The molecule has 0 radical (unpaired) electrons. The normalized spacial score (nSPS) is 49.9. The van der Waals surface area contributed by atoms with Crippen molar-refractivity contribution in [3.8, 4) is 0 Å². The van der Waals surface area contributed by atoms with Crippen molar-refractivity contribution < 1.29 is 39.4 Å². The Morgan fingerprint density at radius 3 is 2.69 bits per heavy atom. The third kappa shape index (κ3) is 3.26. The van der Waals surface area contributed by atoms with Gasteiger partial charge in [0.15, 0.2) is 6.29 Å². The Balaban J connectivity index is 1.60. The predicted molar refractivity (Wildman–Crippen MR) is 100 cm³/mol. The number of fused-ring (bicyclic) bond motifs is 3. The lowest BCUT2D eigenvalue weighted by Gasteiger charge is -2.46. The van der Waals surface area contributed by atoms with Gasteiger partial charge in [0, 0.05) is 23.3 Å². The molecule has 2 heterocycles. The van der Waals surface area contributed by atoms with Gasteiger partial charge in [-0.15, -0.1) is 0 Å². The highest BCUT2D eigenvalue weighted by atomic mass is 16.7. The van der Waals surface area contributed by atoms with Gasteiger partial charge >= 0.3 is 5.97 Å². The van der Waals surface area contributed by atoms with Crippen LogP contribution in [0.25, 0.3) is 0 Å². The SMILES string of the molecule is C=C1C(=O)O[C@@H]2[C@H]3C(C)=CC[C@H]3[C@](C)(O[C@@H]3O[C@H](CO)[C@@H](O)[C@H](O)[C@H]3O)CC[C@@H]12. The maximum Gasteiger partial charge on any atom is 0.334 e. The lowest BCUT2D eigenvalue weighted by Crippen LogP contribution is -2.61. The fourth-order valence-electron chi connectivity index (χ4n) is 5.53. The number of aliphatic hydroxyl groups excluding tert-OH is 4. The zero-order chi connectivity index (χ0) is 21.1. The number of esters is 1. The molecule has 0 bridgehead atoms. The molecular formula is C21H30O8. The summed E-state index contributed by atoms with van der Waals surface area (Å²) >= 11 is 0. The summed E-state index contributed by atoms with van der Waals surface area (Å²) in [6, 6.07) is 0. The zero-order valence-electron chi connectivity index (χ0n) is 16.7. The predicted octanol–water partition coefficient (Wildman–Crippen LogP) is 0.0356. The standard InChI is InChI=1S/C21H30O8/c1-9-4-5-12-14(9)18-11(10(2)19(26)28-18)6-7-21(12,3)29-20-17(25)16(24)15(23)13(8-22)27-20/h4,11-18,20,22-25H,2,5-8H2,1,3H3/t11-,12+,13+,14-,15+,16-,17+,18-,20-,21+/m0/s1. The number of carbonyl (C=O) groups excluding carboxylic acids is 1. The van der Waals surface area contributed by atoms with Gasteiger partial charge in [0.1, 0.15) is 30.5 Å². The lowest BCUT2D eigenvalue weighted by atomic mass is 9.76. The maximum atomic E-state index is 12.1. The van der Waals surface area contributed by atoms with Crippen LogP contribution < -0.4 is 0 Å². The Kier molecular flexibility index (Phi) is 5.38. The third-order valence-electron chi connectivity index (χ3n) is 7.33. The molecule has 0 unspecified atom stereocenters. The zero-order valence-corrected chi connectivity index (χ0v) is 16.7. The number of hydrogen-bond donors (Lipinski definition) is 4. The van der Waals surface area contributed by atoms with Crippen molar-refractivity contribution in [1.82, 2.24) is 0 Å². The molecule has 0 spiro atoms. The van der Waals surface area contributed by atoms with Crippen molar-refractivity contribution >= 4 is 5.97 Å². The first kappa shape index (κ1) is 21.0. The number of carbonyl (C=O) groups is 1. The molecule has 4 aliphatic rings. The van der Waals surface area contributed by atoms with Crippen molar-refractivity contribution in [2.24, 2.45) is 17.8 Å². The fourth-order valence-corrected chi connectivity index (χ4v) is 5.53. The van der Waals surface area contributed by atoms with Gasteiger partial charge < -0.3 is 34.6 Å². The monoisotopic (exact) mass is 410 g/mol. The van der Waals surface area contributed by atoms with Crippen LogP contribution in [-0.4, -0.2) is 75.4 Å². The van der Waals surface area contributed by atoms with E-state index in [4.69, 9.17) is 14.2 Å². The second kappa shape index (κ2) is 7.44. The van der Waals surface area contributed by atoms with Crippen molar-refractivity contribution in [3.05, 3.63) is 23.8 Å². The summed E-state index contributed by atoms with van der Waals surface area (Å²) < 4.78 is 17.6. The van der Waals surface area contributed by atoms with Gasteiger partial charge in [-0.25, -0.2) is 4.79 Å². The van der Waals surface area contributed by atoms with Crippen molar-refractivity contribution in [2.45, 2.75) is 75.5 Å². The quantitative estimate of drug-likeness (QED) is 0.292. The summed E-state index contributed by atoms with van der Waals surface area (Å²) in [4.78, 5) is 12.1. The maximum absolute atomic E-state index is 12.1. The highest BCUT2D eigenvalue weighted by Crippen LogP contribution is 2.53. The van der Waals surface area contributed by atoms with Gasteiger partial charge in [-0.1, -0.05) is 18.2 Å². The van der Waals surface area contributed by atoms with Crippen molar-refractivity contribution in [1.29, 1.82) is 0 Å². The topological polar surface area (TPSA) is 126 Å². The summed E-state index contributed by atoms with van der Waals surface area (Å²) in [5.74, 6) is -0.460. The molecule has 0 aromatic heterocycles. The van der Waals surface area contributed by atoms with Gasteiger partial charge in [-0.05, 0) is 33.1 Å². The number of aliphatic hydroxyl groups is 4. The Morgan fingerprint density at radius 2 is 2.00 bits per heavy atom. The first-order chi connectivity index (χ1) is 13.7. The molecule has 4 N–H and O–H groups in total. The second-order valence-electron chi connectivity index (χ2n) is 8.98. The van der Waals surface area contributed by atoms with Crippen LogP contribution in [-0.2, 0) is 19.0 Å². The minimum atomic E-state index is -1.49. The molecule has 0 aromatic carbocycles. The Morgan fingerprint density at radius 1 is 1.28 bits per heavy atom. The first-order valence-corrected chi connectivity index (χ1v) is 10.2. The van der Waals surface area contributed by atoms with Crippen LogP contribution >= 0.6 is 0 Å². The van der Waals surface area contributed by atoms with Crippen LogP contribution in [0.2, 0.25) is 0 Å². The van der Waals surface area contributed by atoms with E-state index in [-0.39, 0.29) is 29.8 Å². The summed E-state index contributed by atoms with van der Waals surface area (Å²) in [6.45, 7) is 7.39. The van der Waals surface area contributed by atoms with Gasteiger partial charge in [0.25, 0.3) is 0 Å². The van der Waals surface area contributed by atoms with E-state index in [1.807, 2.05) is 13.8 Å². The van der Waals surface area contributed by atoms with Gasteiger partial charge in [-0.3, -0.25) is 0 Å². The molecule has 4 rings (SSSR count). The van der Waals surface area contributed by atoms with E-state index in [9.17, 15) is 25.2 Å². The van der Waals surface area contributed by atoms with E-state index in [1.54, 1.807) is 0 Å². The smallest absolute Gasteiger partial charge is 0.334 e. The Hall–Kier alpha value is -1.29. The number of hydrogen-bond acceptors (Lipinski definition) is 8. The summed E-state index contributed by atoms with van der Waals surface area (Å²) in [6.07, 6.45) is -2.77. The Labute approximate surface area is 169 Å². The molecule has 3 fully saturated rings. The minimum absolute atomic E-state index is 0.0106. The highest BCUT2D eigenvalue weighted by Gasteiger charge is 2.57. The molecule has 1 saturated carbocycles. The molecule has 8 nitrogen and oxygen atoms in total. The van der Waals surface area contributed by atoms with E-state index < -0.39 is 42.9 Å². The van der Waals surface area contributed by atoms with Gasteiger partial charge in [0.2, 0.25) is 0 Å². The lowest BCUT2D eigenvalue weighted by molar-refractivity contribution is -0.332. The largest absolute Gasteiger partial charge is 0.458 e. The van der Waals surface area contributed by atoms with E-state index >= 15 is 0 Å². The molecule has 0 aromatic rings. The molecular weight excluding hydrogens is 380 g/mol. The van der Waals surface area contributed by atoms with Gasteiger partial charge in [-0.2, -0.15) is 0 Å². The average molecular weight is 410 g/mol. The summed E-state index contributed by atoms with van der Waals surface area (Å²) in [7, 11) is 0. The van der Waals surface area contributed by atoms with Crippen LogP contribution in [0.3, 0.4) is 0 Å². The molecule has 2 saturated heterocycles. The number of allylic oxidation sites excluding steroid dienone is 1. The first-order valence-electron chi connectivity index (χ1n) is 10.2. The van der Waals surface area contributed by atoms with Crippen LogP contribution in [0.1, 0.15) is 33.1 Å². The summed E-state index contributed by atoms with van der Waals surface area (Å²) in [5.41, 5.74) is 0.896. The van der Waals surface area contributed by atoms with E-state index in [0.29, 0.717) is 18.4 Å². The van der Waals surface area contributed by atoms with E-state index in [2.05, 4.69) is 12.7 Å². The highest BCUT2D eigenvalue weighted by molar-refractivity contribution is 5.90. The molecule has 162 valence electrons. The minimum Gasteiger partial charge on any atom is -0.458 e. The van der Waals surface area contributed by atoms with Crippen LogP contribution in [0.15, 0.2) is 23.8 Å². The second-order valence-corrected chi connectivity index (χ2v) is 8.98. The third-order valence-corrected chi connectivity index (χ3v) is 7.33. The van der Waals surface area contributed by atoms with Crippen LogP contribution in [0.4, 0.5) is 0 Å².